The molecule has 1 aliphatic heterocycles. The van der Waals surface area contributed by atoms with Crippen LogP contribution in [0, 0.1) is 6.92 Å². The lowest BCUT2D eigenvalue weighted by Crippen LogP contribution is -2.19. The van der Waals surface area contributed by atoms with Crippen molar-refractivity contribution in [2.75, 3.05) is 13.2 Å². The smallest absolute Gasteiger partial charge is 0.150 e. The number of aryl methyl sites for hydroxylation is 1. The summed E-state index contributed by atoms with van der Waals surface area (Å²) >= 11 is 3.24. The summed E-state index contributed by atoms with van der Waals surface area (Å²) in [7, 11) is 0. The van der Waals surface area contributed by atoms with Gasteiger partial charge in [-0.05, 0) is 6.92 Å². The molecule has 2 atom stereocenters. The first-order valence-electron chi connectivity index (χ1n) is 4.10. The van der Waals surface area contributed by atoms with Crippen molar-refractivity contribution in [3.8, 4) is 0 Å². The molecule has 1 aliphatic rings. The van der Waals surface area contributed by atoms with Gasteiger partial charge in [0.2, 0.25) is 0 Å². The number of thioether (sulfide) groups is 1. The summed E-state index contributed by atoms with van der Waals surface area (Å²) in [5.74, 6) is 0. The van der Waals surface area contributed by atoms with Gasteiger partial charge in [-0.2, -0.15) is 0 Å². The van der Waals surface area contributed by atoms with E-state index in [4.69, 9.17) is 4.74 Å². The number of thiazole rings is 1. The minimum Gasteiger partial charge on any atom is -0.389 e. The van der Waals surface area contributed by atoms with Crippen molar-refractivity contribution < 1.29 is 9.84 Å². The van der Waals surface area contributed by atoms with Gasteiger partial charge in [-0.25, -0.2) is 4.98 Å². The molecule has 1 fully saturated rings. The van der Waals surface area contributed by atoms with Gasteiger partial charge in [0.15, 0.2) is 4.34 Å². The average Bonchev–Trinajstić information content (AvgIpc) is 2.64. The average molecular weight is 217 g/mol. The minimum absolute atomic E-state index is 0.158. The van der Waals surface area contributed by atoms with E-state index in [0.717, 1.165) is 10.0 Å². The van der Waals surface area contributed by atoms with E-state index < -0.39 is 0 Å². The topological polar surface area (TPSA) is 42.4 Å². The van der Waals surface area contributed by atoms with Gasteiger partial charge in [-0.3, -0.25) is 0 Å². The Morgan fingerprint density at radius 2 is 2.54 bits per heavy atom. The summed E-state index contributed by atoms with van der Waals surface area (Å²) in [5.41, 5.74) is 1.04. The Morgan fingerprint density at radius 3 is 3.08 bits per heavy atom. The van der Waals surface area contributed by atoms with Gasteiger partial charge in [0, 0.05) is 11.1 Å². The van der Waals surface area contributed by atoms with Crippen molar-refractivity contribution in [1.82, 2.24) is 4.98 Å². The molecule has 13 heavy (non-hydrogen) atoms. The van der Waals surface area contributed by atoms with Crippen LogP contribution in [-0.4, -0.2) is 34.7 Å². The monoisotopic (exact) mass is 217 g/mol. The van der Waals surface area contributed by atoms with Crippen LogP contribution in [0.4, 0.5) is 0 Å². The molecule has 0 saturated carbocycles. The van der Waals surface area contributed by atoms with Crippen molar-refractivity contribution in [2.45, 2.75) is 22.6 Å². The van der Waals surface area contributed by atoms with E-state index >= 15 is 0 Å². The molecule has 0 radical (unpaired) electrons. The lowest BCUT2D eigenvalue weighted by atomic mass is 10.3. The molecule has 5 heteroatoms. The number of rotatable bonds is 2. The number of hydrogen-bond donors (Lipinski definition) is 1. The Morgan fingerprint density at radius 1 is 1.69 bits per heavy atom. The second kappa shape index (κ2) is 3.96. The summed E-state index contributed by atoms with van der Waals surface area (Å²) in [5, 5.41) is 11.7. The predicted molar refractivity (Wildman–Crippen MR) is 53.3 cm³/mol. The van der Waals surface area contributed by atoms with E-state index in [1.807, 2.05) is 12.3 Å². The number of aromatic nitrogens is 1. The Bertz CT molecular complexity index is 289. The highest BCUT2D eigenvalue weighted by Crippen LogP contribution is 2.30. The first-order valence-corrected chi connectivity index (χ1v) is 5.86. The van der Waals surface area contributed by atoms with Crippen LogP contribution < -0.4 is 0 Å². The molecule has 1 saturated heterocycles. The molecule has 1 aromatic rings. The Hall–Kier alpha value is -0.100. The highest BCUT2D eigenvalue weighted by atomic mass is 32.2. The summed E-state index contributed by atoms with van der Waals surface area (Å²) in [6.45, 7) is 3.06. The standard InChI is InChI=1S/C8H11NO2S2/c1-5-4-12-8(9-5)13-7-3-11-2-6(7)10/h4,6-7,10H,2-3H2,1H3/t6-,7-/m1/s1. The molecular formula is C8H11NO2S2. The van der Waals surface area contributed by atoms with E-state index in [1.54, 1.807) is 23.1 Å². The van der Waals surface area contributed by atoms with E-state index in [2.05, 4.69) is 4.98 Å². The van der Waals surface area contributed by atoms with Crippen LogP contribution in [0.1, 0.15) is 5.69 Å². The van der Waals surface area contributed by atoms with Crippen LogP contribution in [0.15, 0.2) is 9.72 Å². The van der Waals surface area contributed by atoms with E-state index in [-0.39, 0.29) is 11.4 Å². The van der Waals surface area contributed by atoms with Crippen molar-refractivity contribution in [3.63, 3.8) is 0 Å². The largest absolute Gasteiger partial charge is 0.389 e. The number of ether oxygens (including phenoxy) is 1. The zero-order valence-electron chi connectivity index (χ0n) is 7.27. The summed E-state index contributed by atoms with van der Waals surface area (Å²) in [6, 6.07) is 0. The fourth-order valence-electron chi connectivity index (χ4n) is 1.15. The SMILES string of the molecule is Cc1csc(S[C@@H]2COC[C@H]2O)n1. The van der Waals surface area contributed by atoms with Gasteiger partial charge >= 0.3 is 0 Å². The zero-order valence-corrected chi connectivity index (χ0v) is 8.90. The first-order chi connectivity index (χ1) is 6.25. The lowest BCUT2D eigenvalue weighted by molar-refractivity contribution is 0.127. The third-order valence-electron chi connectivity index (χ3n) is 1.85. The van der Waals surface area contributed by atoms with Crippen molar-refractivity contribution in [3.05, 3.63) is 11.1 Å². The molecule has 0 amide bonds. The molecule has 0 spiro atoms. The van der Waals surface area contributed by atoms with E-state index in [9.17, 15) is 5.11 Å². The molecule has 0 aromatic carbocycles. The molecule has 72 valence electrons. The van der Waals surface area contributed by atoms with Crippen molar-refractivity contribution in [2.24, 2.45) is 0 Å². The molecular weight excluding hydrogens is 206 g/mol. The van der Waals surface area contributed by atoms with E-state index in [0.29, 0.717) is 13.2 Å². The van der Waals surface area contributed by atoms with Crippen LogP contribution >= 0.6 is 23.1 Å². The maximum absolute atomic E-state index is 9.49. The fourth-order valence-corrected chi connectivity index (χ4v) is 3.27. The Balaban J connectivity index is 1.97. The second-order valence-corrected chi connectivity index (χ2v) is 5.36. The number of aliphatic hydroxyl groups excluding tert-OH is 1. The van der Waals surface area contributed by atoms with Crippen molar-refractivity contribution in [1.29, 1.82) is 0 Å². The summed E-state index contributed by atoms with van der Waals surface area (Å²) in [4.78, 5) is 4.32. The second-order valence-electron chi connectivity index (χ2n) is 3.02. The molecule has 2 rings (SSSR count). The Kier molecular flexibility index (Phi) is 2.88. The molecule has 0 unspecified atom stereocenters. The van der Waals surface area contributed by atoms with Gasteiger partial charge in [0.1, 0.15) is 0 Å². The highest BCUT2D eigenvalue weighted by Gasteiger charge is 2.27. The maximum Gasteiger partial charge on any atom is 0.150 e. The normalized spacial score (nSPS) is 28.2. The van der Waals surface area contributed by atoms with Gasteiger partial charge in [0.05, 0.1) is 24.6 Å². The van der Waals surface area contributed by atoms with Crippen LogP contribution in [0.3, 0.4) is 0 Å². The quantitative estimate of drug-likeness (QED) is 0.811. The number of nitrogens with zero attached hydrogens (tertiary/aromatic N) is 1. The molecule has 0 bridgehead atoms. The first kappa shape index (κ1) is 9.45. The summed E-state index contributed by atoms with van der Waals surface area (Å²) in [6.07, 6.45) is -0.339. The molecule has 1 aromatic heterocycles. The molecule has 2 heterocycles. The van der Waals surface area contributed by atoms with Gasteiger partial charge in [-0.15, -0.1) is 11.3 Å². The molecule has 0 aliphatic carbocycles. The number of aliphatic hydroxyl groups is 1. The lowest BCUT2D eigenvalue weighted by Gasteiger charge is -2.08. The van der Waals surface area contributed by atoms with Crippen LogP contribution in [0.2, 0.25) is 0 Å². The predicted octanol–water partition coefficient (Wildman–Crippen LogP) is 1.30. The molecule has 1 N–H and O–H groups in total. The molecule has 3 nitrogen and oxygen atoms in total. The van der Waals surface area contributed by atoms with Gasteiger partial charge < -0.3 is 9.84 Å². The highest BCUT2D eigenvalue weighted by molar-refractivity contribution is 8.01. The fraction of sp³-hybridized carbons (Fsp3) is 0.625. The summed E-state index contributed by atoms with van der Waals surface area (Å²) < 4.78 is 6.17. The maximum atomic E-state index is 9.49. The van der Waals surface area contributed by atoms with Gasteiger partial charge in [-0.1, -0.05) is 11.8 Å². The van der Waals surface area contributed by atoms with Crippen molar-refractivity contribution >= 4 is 23.1 Å². The van der Waals surface area contributed by atoms with Crippen LogP contribution in [0.25, 0.3) is 0 Å². The third-order valence-corrected chi connectivity index (χ3v) is 4.23. The van der Waals surface area contributed by atoms with Crippen LogP contribution in [-0.2, 0) is 4.74 Å². The van der Waals surface area contributed by atoms with Crippen LogP contribution in [0.5, 0.6) is 0 Å². The zero-order chi connectivity index (χ0) is 9.26. The number of hydrogen-bond acceptors (Lipinski definition) is 5. The third kappa shape index (κ3) is 2.22. The minimum atomic E-state index is -0.339. The Labute approximate surface area is 85.1 Å². The van der Waals surface area contributed by atoms with Gasteiger partial charge in [0.25, 0.3) is 0 Å². The van der Waals surface area contributed by atoms with E-state index in [1.165, 1.54) is 0 Å².